The van der Waals surface area contributed by atoms with Crippen LogP contribution in [0, 0.1) is 5.92 Å². The number of alkyl carbamates (subject to hydrolysis) is 1. The first-order valence-corrected chi connectivity index (χ1v) is 15.2. The number of carbonyl (C=O) groups excluding carboxylic acids is 2. The Kier molecular flexibility index (Phi) is 16.9. The molecule has 1 amide bonds. The highest BCUT2D eigenvalue weighted by Crippen LogP contribution is 2.23. The lowest BCUT2D eigenvalue weighted by Crippen LogP contribution is -2.33. The molecule has 1 aliphatic carbocycles. The first-order chi connectivity index (χ1) is 17.6. The first kappa shape index (κ1) is 30.3. The molecule has 1 saturated carbocycles. The second kappa shape index (κ2) is 20.1. The van der Waals surface area contributed by atoms with Gasteiger partial charge in [0.2, 0.25) is 0 Å². The van der Waals surface area contributed by atoms with Gasteiger partial charge in [-0.15, -0.1) is 0 Å². The minimum absolute atomic E-state index is 0.0212. The molecule has 0 bridgehead atoms. The molecule has 1 aromatic carbocycles. The molecule has 5 nitrogen and oxygen atoms in total. The Hall–Kier alpha value is -1.95. The van der Waals surface area contributed by atoms with Gasteiger partial charge < -0.3 is 14.8 Å². The van der Waals surface area contributed by atoms with E-state index in [0.29, 0.717) is 19.1 Å². The van der Waals surface area contributed by atoms with Crippen molar-refractivity contribution in [3.8, 4) is 0 Å². The van der Waals surface area contributed by atoms with E-state index in [1.807, 2.05) is 30.3 Å². The Morgan fingerprint density at radius 1 is 0.917 bits per heavy atom. The molecule has 0 saturated heterocycles. The van der Waals surface area contributed by atoms with Gasteiger partial charge in [0.25, 0.3) is 0 Å². The summed E-state index contributed by atoms with van der Waals surface area (Å²) in [4.78, 5) is 24.2. The minimum atomic E-state index is -0.323. The molecule has 1 fully saturated rings. The zero-order valence-corrected chi connectivity index (χ0v) is 23.1. The third kappa shape index (κ3) is 15.2. The summed E-state index contributed by atoms with van der Waals surface area (Å²) in [5, 5.41) is 2.93. The van der Waals surface area contributed by atoms with Gasteiger partial charge >= 0.3 is 12.1 Å². The molecular formula is C30H47NO4S. The average molecular weight is 518 g/mol. The van der Waals surface area contributed by atoms with Crippen LogP contribution in [0.15, 0.2) is 36.4 Å². The lowest BCUT2D eigenvalue weighted by Gasteiger charge is -2.25. The van der Waals surface area contributed by atoms with Crippen molar-refractivity contribution in [1.29, 1.82) is 0 Å². The molecule has 1 aliphatic rings. The van der Waals surface area contributed by atoms with Crippen molar-refractivity contribution in [3.05, 3.63) is 42.0 Å². The van der Waals surface area contributed by atoms with Crippen molar-refractivity contribution < 1.29 is 19.1 Å². The molecule has 6 heteroatoms. The van der Waals surface area contributed by atoms with Crippen molar-refractivity contribution in [3.63, 3.8) is 0 Å². The van der Waals surface area contributed by atoms with Gasteiger partial charge in [-0.05, 0) is 49.0 Å². The number of thioether (sulfide) groups is 1. The van der Waals surface area contributed by atoms with Gasteiger partial charge in [-0.1, -0.05) is 95.0 Å². The Labute approximate surface area is 223 Å². The van der Waals surface area contributed by atoms with Gasteiger partial charge in [0.15, 0.2) is 0 Å². The highest BCUT2D eigenvalue weighted by Gasteiger charge is 2.21. The quantitative estimate of drug-likeness (QED) is 0.195. The van der Waals surface area contributed by atoms with Crippen LogP contribution >= 0.6 is 11.8 Å². The van der Waals surface area contributed by atoms with Crippen LogP contribution in [0.25, 0.3) is 6.08 Å². The number of esters is 1. The second-order valence-corrected chi connectivity index (χ2v) is 11.1. The Morgan fingerprint density at radius 2 is 1.56 bits per heavy atom. The Balaban J connectivity index is 1.53. The topological polar surface area (TPSA) is 64.6 Å². The third-order valence-electron chi connectivity index (χ3n) is 6.71. The summed E-state index contributed by atoms with van der Waals surface area (Å²) >= 11 is 1.72. The lowest BCUT2D eigenvalue weighted by molar-refractivity contribution is -0.137. The Bertz CT molecular complexity index is 740. The zero-order valence-electron chi connectivity index (χ0n) is 22.3. The number of rotatable bonds is 10. The van der Waals surface area contributed by atoms with Gasteiger partial charge in [-0.3, -0.25) is 0 Å². The minimum Gasteiger partial charge on any atom is -0.462 e. The summed E-state index contributed by atoms with van der Waals surface area (Å²) in [6.07, 6.45) is 19.0. The predicted octanol–water partition coefficient (Wildman–Crippen LogP) is 7.79. The molecule has 0 radical (unpaired) electrons. The fourth-order valence-corrected chi connectivity index (χ4v) is 5.25. The van der Waals surface area contributed by atoms with Crippen LogP contribution < -0.4 is 5.32 Å². The number of amides is 1. The maximum Gasteiger partial charge on any atom is 0.407 e. The van der Waals surface area contributed by atoms with E-state index in [1.165, 1.54) is 63.9 Å². The highest BCUT2D eigenvalue weighted by molar-refractivity contribution is 7.99. The molecule has 0 heterocycles. The zero-order chi connectivity index (χ0) is 25.7. The summed E-state index contributed by atoms with van der Waals surface area (Å²) in [6, 6.07) is 9.68. The van der Waals surface area contributed by atoms with E-state index in [2.05, 4.69) is 12.2 Å². The van der Waals surface area contributed by atoms with E-state index in [0.717, 1.165) is 42.8 Å². The maximum atomic E-state index is 12.4. The molecular weight excluding hydrogens is 470 g/mol. The number of carbonyl (C=O) groups is 2. The van der Waals surface area contributed by atoms with E-state index in [4.69, 9.17) is 9.47 Å². The smallest absolute Gasteiger partial charge is 0.407 e. The first-order valence-electron chi connectivity index (χ1n) is 14.1. The standard InChI is InChI=1S/C30H47NO4S/c1-26-16-11-8-6-4-2-3-5-7-9-14-19-28(26)35-30(33)31-22-15-24-36-25-23-34-29(32)21-20-27-17-12-10-13-18-27/h10,12-13,17-18,20-21,26,28H,2-9,11,14-16,19,22-25H2,1H3,(H,31,33)/b21-20+. The lowest BCUT2D eigenvalue weighted by atomic mass is 9.92. The van der Waals surface area contributed by atoms with E-state index in [9.17, 15) is 9.59 Å². The van der Waals surface area contributed by atoms with E-state index < -0.39 is 0 Å². The molecule has 2 unspecified atom stereocenters. The molecule has 36 heavy (non-hydrogen) atoms. The summed E-state index contributed by atoms with van der Waals surface area (Å²) in [6.45, 7) is 3.23. The fourth-order valence-electron chi connectivity index (χ4n) is 4.50. The van der Waals surface area contributed by atoms with Crippen LogP contribution in [0.1, 0.15) is 96.0 Å². The van der Waals surface area contributed by atoms with Crippen molar-refractivity contribution in [2.45, 2.75) is 96.5 Å². The normalized spacial score (nSPS) is 20.4. The van der Waals surface area contributed by atoms with Crippen molar-refractivity contribution in [1.82, 2.24) is 5.32 Å². The molecule has 1 N–H and O–H groups in total. The van der Waals surface area contributed by atoms with Crippen molar-refractivity contribution in [2.75, 3.05) is 24.7 Å². The van der Waals surface area contributed by atoms with Crippen molar-refractivity contribution >= 4 is 29.9 Å². The van der Waals surface area contributed by atoms with E-state index in [-0.39, 0.29) is 18.2 Å². The van der Waals surface area contributed by atoms with Crippen LogP contribution in [0.5, 0.6) is 0 Å². The maximum absolute atomic E-state index is 12.4. The summed E-state index contributed by atoms with van der Waals surface area (Å²) in [5.41, 5.74) is 0.974. The summed E-state index contributed by atoms with van der Waals surface area (Å²) < 4.78 is 11.1. The largest absolute Gasteiger partial charge is 0.462 e. The number of benzene rings is 1. The van der Waals surface area contributed by atoms with Crippen LogP contribution in [0.4, 0.5) is 4.79 Å². The van der Waals surface area contributed by atoms with Gasteiger partial charge in [0.1, 0.15) is 12.7 Å². The molecule has 0 aliphatic heterocycles. The Morgan fingerprint density at radius 3 is 2.25 bits per heavy atom. The summed E-state index contributed by atoms with van der Waals surface area (Å²) in [5.74, 6) is 1.74. The van der Waals surface area contributed by atoms with Crippen LogP contribution in [0.3, 0.4) is 0 Å². The molecule has 0 aromatic heterocycles. The van der Waals surface area contributed by atoms with Crippen LogP contribution in [-0.4, -0.2) is 42.8 Å². The highest BCUT2D eigenvalue weighted by atomic mass is 32.2. The van der Waals surface area contributed by atoms with Gasteiger partial charge in [0.05, 0.1) is 0 Å². The molecule has 202 valence electrons. The van der Waals surface area contributed by atoms with Gasteiger partial charge in [0, 0.05) is 18.4 Å². The summed E-state index contributed by atoms with van der Waals surface area (Å²) in [7, 11) is 0. The van der Waals surface area contributed by atoms with E-state index in [1.54, 1.807) is 17.8 Å². The number of hydrogen-bond donors (Lipinski definition) is 1. The molecule has 2 atom stereocenters. The fraction of sp³-hybridized carbons (Fsp3) is 0.667. The number of ether oxygens (including phenoxy) is 2. The third-order valence-corrected chi connectivity index (χ3v) is 7.74. The monoisotopic (exact) mass is 517 g/mol. The molecule has 1 aromatic rings. The molecule has 2 rings (SSSR count). The van der Waals surface area contributed by atoms with Gasteiger partial charge in [-0.25, -0.2) is 9.59 Å². The van der Waals surface area contributed by atoms with Crippen LogP contribution in [0.2, 0.25) is 0 Å². The second-order valence-electron chi connectivity index (χ2n) is 9.84. The van der Waals surface area contributed by atoms with Gasteiger partial charge in [-0.2, -0.15) is 11.8 Å². The molecule has 0 spiro atoms. The number of nitrogens with one attached hydrogen (secondary N) is 1. The van der Waals surface area contributed by atoms with E-state index >= 15 is 0 Å². The SMILES string of the molecule is CC1CCCCCCCCCCCCC1OC(=O)NCCCSCCOC(=O)/C=C/c1ccccc1. The number of hydrogen-bond acceptors (Lipinski definition) is 5. The van der Waals surface area contributed by atoms with Crippen LogP contribution in [-0.2, 0) is 14.3 Å². The average Bonchev–Trinajstić information content (AvgIpc) is 2.89. The predicted molar refractivity (Wildman–Crippen MR) is 151 cm³/mol. The van der Waals surface area contributed by atoms with Crippen molar-refractivity contribution in [2.24, 2.45) is 5.92 Å².